The summed E-state index contributed by atoms with van der Waals surface area (Å²) < 4.78 is 54.3. The minimum Gasteiger partial charge on any atom is -0.395 e. The van der Waals surface area contributed by atoms with E-state index in [9.17, 15) is 32.3 Å². The maximum atomic E-state index is 13.9. The first-order valence-corrected chi connectivity index (χ1v) is 10.7. The van der Waals surface area contributed by atoms with Gasteiger partial charge in [-0.3, -0.25) is 4.79 Å². The second-order valence-corrected chi connectivity index (χ2v) is 8.48. The standard InChI is InChI=1S/C26H24F4N2O3/c1-26(14-33,15-34)22-6-4-17(25(35)31-12-18-3-5-19(27)11-23(18)30)9-24(22)32(2)13-16-7-20(28)10-21(29)8-16/h3-11,14,34H,12-13,15H2,1-2H3,(H,31,35). The summed E-state index contributed by atoms with van der Waals surface area (Å²) in [6, 6.07) is 10.5. The van der Waals surface area contributed by atoms with E-state index in [1.54, 1.807) is 11.9 Å². The van der Waals surface area contributed by atoms with Gasteiger partial charge in [-0.1, -0.05) is 12.1 Å². The van der Waals surface area contributed by atoms with E-state index in [4.69, 9.17) is 0 Å². The van der Waals surface area contributed by atoms with Gasteiger partial charge in [-0.25, -0.2) is 17.6 Å². The fourth-order valence-electron chi connectivity index (χ4n) is 3.66. The average Bonchev–Trinajstić information content (AvgIpc) is 2.81. The Hall–Kier alpha value is -3.72. The Morgan fingerprint density at radius 1 is 1.00 bits per heavy atom. The van der Waals surface area contributed by atoms with Crippen molar-refractivity contribution in [2.24, 2.45) is 0 Å². The molecule has 9 heteroatoms. The molecule has 0 aliphatic carbocycles. The zero-order chi connectivity index (χ0) is 25.8. The van der Waals surface area contributed by atoms with E-state index < -0.39 is 41.2 Å². The molecule has 5 nitrogen and oxygen atoms in total. The quantitative estimate of drug-likeness (QED) is 0.349. The minimum atomic E-state index is -1.30. The molecule has 3 rings (SSSR count). The first kappa shape index (κ1) is 25.9. The number of nitrogens with one attached hydrogen (secondary N) is 1. The van der Waals surface area contributed by atoms with Crippen LogP contribution in [-0.4, -0.2) is 31.0 Å². The van der Waals surface area contributed by atoms with E-state index in [1.165, 1.54) is 31.2 Å². The molecular formula is C26H24F4N2O3. The zero-order valence-corrected chi connectivity index (χ0v) is 19.1. The Morgan fingerprint density at radius 3 is 2.29 bits per heavy atom. The van der Waals surface area contributed by atoms with Gasteiger partial charge in [-0.2, -0.15) is 0 Å². The molecule has 1 amide bonds. The van der Waals surface area contributed by atoms with Gasteiger partial charge in [-0.05, 0) is 48.4 Å². The Kier molecular flexibility index (Phi) is 7.91. The van der Waals surface area contributed by atoms with Gasteiger partial charge in [0.25, 0.3) is 5.91 Å². The van der Waals surface area contributed by atoms with Crippen LogP contribution in [0.1, 0.15) is 34.0 Å². The van der Waals surface area contributed by atoms with Crippen LogP contribution in [-0.2, 0) is 23.3 Å². The van der Waals surface area contributed by atoms with E-state index in [1.807, 2.05) is 0 Å². The average molecular weight is 488 g/mol. The van der Waals surface area contributed by atoms with E-state index in [0.717, 1.165) is 24.3 Å². The van der Waals surface area contributed by atoms with Crippen molar-refractivity contribution in [3.05, 3.63) is 100 Å². The van der Waals surface area contributed by atoms with Crippen LogP contribution < -0.4 is 10.2 Å². The van der Waals surface area contributed by atoms with Gasteiger partial charge < -0.3 is 20.1 Å². The van der Waals surface area contributed by atoms with Crippen molar-refractivity contribution in [3.8, 4) is 0 Å². The predicted molar refractivity (Wildman–Crippen MR) is 123 cm³/mol. The number of hydrogen-bond donors (Lipinski definition) is 2. The first-order chi connectivity index (χ1) is 16.6. The number of carbonyl (C=O) groups excluding carboxylic acids is 2. The number of aliphatic hydroxyl groups excluding tert-OH is 1. The lowest BCUT2D eigenvalue weighted by Gasteiger charge is -2.30. The highest BCUT2D eigenvalue weighted by Gasteiger charge is 2.30. The lowest BCUT2D eigenvalue weighted by Crippen LogP contribution is -2.32. The maximum absolute atomic E-state index is 13.9. The summed E-state index contributed by atoms with van der Waals surface area (Å²) in [4.78, 5) is 26.2. The molecule has 0 bridgehead atoms. The van der Waals surface area contributed by atoms with Crippen LogP contribution in [0.15, 0.2) is 54.6 Å². The molecule has 1 unspecified atom stereocenters. The van der Waals surface area contributed by atoms with Crippen molar-refractivity contribution in [2.75, 3.05) is 18.6 Å². The molecule has 0 aromatic heterocycles. The number of benzene rings is 3. The number of nitrogens with zero attached hydrogens (tertiary/aromatic N) is 1. The molecule has 0 aliphatic rings. The number of carbonyl (C=O) groups is 2. The highest BCUT2D eigenvalue weighted by Crippen LogP contribution is 2.33. The van der Waals surface area contributed by atoms with Gasteiger partial charge in [0.05, 0.1) is 12.0 Å². The number of rotatable bonds is 9. The van der Waals surface area contributed by atoms with Gasteiger partial charge in [0.15, 0.2) is 0 Å². The SMILES string of the molecule is CN(Cc1cc(F)cc(F)c1)c1cc(C(=O)NCc2ccc(F)cc2F)ccc1C(C)(C=O)CO. The summed E-state index contributed by atoms with van der Waals surface area (Å²) in [5.41, 5.74) is 0.0393. The Balaban J connectivity index is 1.93. The number of hydrogen-bond acceptors (Lipinski definition) is 4. The van der Waals surface area contributed by atoms with Crippen LogP contribution in [0.4, 0.5) is 23.2 Å². The summed E-state index contributed by atoms with van der Waals surface area (Å²) in [5, 5.41) is 12.4. The molecule has 0 radical (unpaired) electrons. The van der Waals surface area contributed by atoms with Crippen LogP contribution in [0.5, 0.6) is 0 Å². The molecule has 0 saturated heterocycles. The van der Waals surface area contributed by atoms with Gasteiger partial charge >= 0.3 is 0 Å². The molecule has 184 valence electrons. The van der Waals surface area contributed by atoms with E-state index in [-0.39, 0.29) is 24.2 Å². The van der Waals surface area contributed by atoms with E-state index in [0.29, 0.717) is 29.2 Å². The van der Waals surface area contributed by atoms with Crippen molar-refractivity contribution >= 4 is 17.9 Å². The number of halogens is 4. The van der Waals surface area contributed by atoms with Gasteiger partial charge in [-0.15, -0.1) is 0 Å². The summed E-state index contributed by atoms with van der Waals surface area (Å²) in [6.45, 7) is 0.851. The minimum absolute atomic E-state index is 0.0356. The van der Waals surface area contributed by atoms with Crippen LogP contribution in [0.3, 0.4) is 0 Å². The van der Waals surface area contributed by atoms with Gasteiger partial charge in [0.1, 0.15) is 29.6 Å². The summed E-state index contributed by atoms with van der Waals surface area (Å²) in [5.74, 6) is -3.59. The zero-order valence-electron chi connectivity index (χ0n) is 19.1. The monoisotopic (exact) mass is 488 g/mol. The van der Waals surface area contributed by atoms with Crippen molar-refractivity contribution in [1.29, 1.82) is 0 Å². The molecular weight excluding hydrogens is 464 g/mol. The molecule has 1 atom stereocenters. The Morgan fingerprint density at radius 2 is 1.69 bits per heavy atom. The molecule has 3 aromatic carbocycles. The molecule has 35 heavy (non-hydrogen) atoms. The van der Waals surface area contributed by atoms with Crippen molar-refractivity contribution < 1.29 is 32.3 Å². The highest BCUT2D eigenvalue weighted by atomic mass is 19.1. The van der Waals surface area contributed by atoms with Gasteiger partial charge in [0, 0.05) is 49.1 Å². The molecule has 0 spiro atoms. The number of aliphatic hydroxyl groups is 1. The maximum Gasteiger partial charge on any atom is 0.251 e. The second kappa shape index (κ2) is 10.7. The lowest BCUT2D eigenvalue weighted by molar-refractivity contribution is -0.113. The van der Waals surface area contributed by atoms with Crippen molar-refractivity contribution in [3.63, 3.8) is 0 Å². The molecule has 0 aliphatic heterocycles. The predicted octanol–water partition coefficient (Wildman–Crippen LogP) is 4.26. The molecule has 0 fully saturated rings. The van der Waals surface area contributed by atoms with Crippen LogP contribution in [0.25, 0.3) is 0 Å². The van der Waals surface area contributed by atoms with Crippen LogP contribution in [0.2, 0.25) is 0 Å². The highest BCUT2D eigenvalue weighted by molar-refractivity contribution is 5.95. The smallest absolute Gasteiger partial charge is 0.251 e. The fraction of sp³-hybridized carbons (Fsp3) is 0.231. The summed E-state index contributed by atoms with van der Waals surface area (Å²) in [6.07, 6.45) is 0.582. The van der Waals surface area contributed by atoms with Crippen molar-refractivity contribution in [2.45, 2.75) is 25.4 Å². The normalized spacial score (nSPS) is 12.7. The molecule has 0 heterocycles. The van der Waals surface area contributed by atoms with E-state index in [2.05, 4.69) is 5.32 Å². The largest absolute Gasteiger partial charge is 0.395 e. The lowest BCUT2D eigenvalue weighted by atomic mass is 9.82. The molecule has 2 N–H and O–H groups in total. The Labute approximate surface area is 200 Å². The van der Waals surface area contributed by atoms with Gasteiger partial charge in [0.2, 0.25) is 0 Å². The van der Waals surface area contributed by atoms with E-state index >= 15 is 0 Å². The number of aldehydes is 1. The third kappa shape index (κ3) is 6.05. The topological polar surface area (TPSA) is 69.6 Å². The third-order valence-corrected chi connectivity index (χ3v) is 5.67. The number of anilines is 1. The number of amides is 1. The summed E-state index contributed by atoms with van der Waals surface area (Å²) >= 11 is 0. The van der Waals surface area contributed by atoms with Crippen LogP contribution >= 0.6 is 0 Å². The first-order valence-electron chi connectivity index (χ1n) is 10.7. The third-order valence-electron chi connectivity index (χ3n) is 5.67. The van der Waals surface area contributed by atoms with Crippen molar-refractivity contribution in [1.82, 2.24) is 5.32 Å². The molecule has 0 saturated carbocycles. The molecule has 3 aromatic rings. The Bertz CT molecular complexity index is 1230. The second-order valence-electron chi connectivity index (χ2n) is 8.48. The summed E-state index contributed by atoms with van der Waals surface area (Å²) in [7, 11) is 1.61. The van der Waals surface area contributed by atoms with Crippen LogP contribution in [0, 0.1) is 23.3 Å². The fourth-order valence-corrected chi connectivity index (χ4v) is 3.66.